The van der Waals surface area contributed by atoms with E-state index in [1.165, 1.54) is 0 Å². The van der Waals surface area contributed by atoms with Crippen LogP contribution in [0.2, 0.25) is 0 Å². The van der Waals surface area contributed by atoms with Gasteiger partial charge in [-0.25, -0.2) is 9.48 Å². The molecular weight excluding hydrogens is 448 g/mol. The summed E-state index contributed by atoms with van der Waals surface area (Å²) in [6.07, 6.45) is 1.55. The molecule has 1 heterocycles. The molecule has 0 aliphatic rings. The molecule has 0 bridgehead atoms. The number of carbonyl (C=O) groups excluding carboxylic acids is 3. The average molecular weight is 470 g/mol. The van der Waals surface area contributed by atoms with Crippen molar-refractivity contribution in [3.8, 4) is 22.7 Å². The zero-order valence-corrected chi connectivity index (χ0v) is 18.8. The van der Waals surface area contributed by atoms with Crippen LogP contribution in [0, 0.1) is 0 Å². The van der Waals surface area contributed by atoms with Crippen LogP contribution in [0.4, 0.5) is 0 Å². The highest BCUT2D eigenvalue weighted by Gasteiger charge is 2.21. The number of amides is 2. The molecule has 1 aromatic heterocycles. The molecule has 4 aromatic rings. The number of benzene rings is 3. The van der Waals surface area contributed by atoms with E-state index < -0.39 is 24.4 Å². The number of hydrogen-bond donors (Lipinski definition) is 2. The Hall–Kier alpha value is -4.92. The highest BCUT2D eigenvalue weighted by Crippen LogP contribution is 2.26. The first kappa shape index (κ1) is 23.2. The van der Waals surface area contributed by atoms with Crippen LogP contribution in [-0.2, 0) is 9.53 Å². The molecule has 0 atom stereocenters. The van der Waals surface area contributed by atoms with Crippen LogP contribution in [0.5, 0.6) is 5.75 Å². The summed E-state index contributed by atoms with van der Waals surface area (Å²) in [4.78, 5) is 37.1. The summed E-state index contributed by atoms with van der Waals surface area (Å²) in [5.74, 6) is -1.25. The molecule has 0 saturated carbocycles. The second-order valence-electron chi connectivity index (χ2n) is 7.34. The third-order valence-electron chi connectivity index (χ3n) is 5.00. The molecule has 0 fully saturated rings. The summed E-state index contributed by atoms with van der Waals surface area (Å²) in [7, 11) is 1.56. The minimum atomic E-state index is -0.734. The Bertz CT molecular complexity index is 1320. The molecule has 0 aliphatic heterocycles. The van der Waals surface area contributed by atoms with E-state index in [0.29, 0.717) is 22.6 Å². The van der Waals surface area contributed by atoms with Gasteiger partial charge in [-0.1, -0.05) is 36.4 Å². The Balaban J connectivity index is 1.47. The lowest BCUT2D eigenvalue weighted by atomic mass is 10.1. The quantitative estimate of drug-likeness (QED) is 0.317. The Labute approximate surface area is 201 Å². The van der Waals surface area contributed by atoms with Crippen molar-refractivity contribution in [1.82, 2.24) is 20.6 Å². The summed E-state index contributed by atoms with van der Waals surface area (Å²) in [5, 5.41) is 4.56. The van der Waals surface area contributed by atoms with Gasteiger partial charge >= 0.3 is 5.97 Å². The van der Waals surface area contributed by atoms with Gasteiger partial charge in [-0.05, 0) is 48.5 Å². The fraction of sp³-hybridized carbons (Fsp3) is 0.0769. The molecular formula is C26H22N4O5. The molecule has 9 nitrogen and oxygen atoms in total. The maximum Gasteiger partial charge on any atom is 0.342 e. The highest BCUT2D eigenvalue weighted by atomic mass is 16.5. The van der Waals surface area contributed by atoms with Crippen molar-refractivity contribution in [3.63, 3.8) is 0 Å². The monoisotopic (exact) mass is 470 g/mol. The van der Waals surface area contributed by atoms with E-state index in [9.17, 15) is 14.4 Å². The molecule has 0 saturated heterocycles. The number of methoxy groups -OCH3 is 1. The molecule has 0 unspecified atom stereocenters. The van der Waals surface area contributed by atoms with Crippen molar-refractivity contribution < 1.29 is 23.9 Å². The first-order valence-electron chi connectivity index (χ1n) is 10.7. The second kappa shape index (κ2) is 10.8. The number of hydrogen-bond acceptors (Lipinski definition) is 6. The van der Waals surface area contributed by atoms with E-state index in [-0.39, 0.29) is 5.56 Å². The van der Waals surface area contributed by atoms with Crippen molar-refractivity contribution in [2.24, 2.45) is 0 Å². The van der Waals surface area contributed by atoms with Gasteiger partial charge in [0.1, 0.15) is 17.0 Å². The minimum Gasteiger partial charge on any atom is -0.497 e. The van der Waals surface area contributed by atoms with Crippen LogP contribution < -0.4 is 15.6 Å². The number of hydrazine groups is 1. The summed E-state index contributed by atoms with van der Waals surface area (Å²) >= 11 is 0. The molecule has 0 spiro atoms. The van der Waals surface area contributed by atoms with Gasteiger partial charge in [0.25, 0.3) is 11.8 Å². The van der Waals surface area contributed by atoms with Gasteiger partial charge < -0.3 is 9.47 Å². The summed E-state index contributed by atoms with van der Waals surface area (Å²) < 4.78 is 12.0. The number of carbonyl (C=O) groups is 3. The summed E-state index contributed by atoms with van der Waals surface area (Å²) in [6, 6.07) is 24.7. The van der Waals surface area contributed by atoms with Gasteiger partial charge in [0.2, 0.25) is 0 Å². The second-order valence-corrected chi connectivity index (χ2v) is 7.34. The molecule has 3 aromatic carbocycles. The lowest BCUT2D eigenvalue weighted by molar-refractivity contribution is -0.125. The molecule has 2 amide bonds. The van der Waals surface area contributed by atoms with Crippen LogP contribution in [0.3, 0.4) is 0 Å². The van der Waals surface area contributed by atoms with E-state index in [4.69, 9.17) is 9.47 Å². The molecule has 9 heteroatoms. The van der Waals surface area contributed by atoms with Crippen molar-refractivity contribution in [1.29, 1.82) is 0 Å². The summed E-state index contributed by atoms with van der Waals surface area (Å²) in [5.41, 5.74) is 6.88. The lowest BCUT2D eigenvalue weighted by Gasteiger charge is -2.08. The predicted molar refractivity (Wildman–Crippen MR) is 128 cm³/mol. The van der Waals surface area contributed by atoms with Crippen LogP contribution in [0.15, 0.2) is 91.1 Å². The number of rotatable bonds is 7. The lowest BCUT2D eigenvalue weighted by Crippen LogP contribution is -2.43. The maximum absolute atomic E-state index is 12.9. The Kier molecular flexibility index (Phi) is 7.17. The first-order valence-corrected chi connectivity index (χ1v) is 10.7. The zero-order chi connectivity index (χ0) is 24.6. The number of para-hydroxylation sites is 1. The van der Waals surface area contributed by atoms with E-state index in [0.717, 1.165) is 5.69 Å². The topological polar surface area (TPSA) is 112 Å². The Morgan fingerprint density at radius 3 is 2.17 bits per heavy atom. The number of aromatic nitrogens is 2. The zero-order valence-electron chi connectivity index (χ0n) is 18.8. The van der Waals surface area contributed by atoms with Gasteiger partial charge in [-0.2, -0.15) is 5.10 Å². The first-order chi connectivity index (χ1) is 17.0. The molecule has 4 rings (SSSR count). The third kappa shape index (κ3) is 5.72. The van der Waals surface area contributed by atoms with E-state index in [2.05, 4.69) is 16.0 Å². The molecule has 2 N–H and O–H groups in total. The van der Waals surface area contributed by atoms with Gasteiger partial charge in [-0.15, -0.1) is 0 Å². The molecule has 0 radical (unpaired) electrons. The van der Waals surface area contributed by atoms with E-state index in [1.54, 1.807) is 72.6 Å². The van der Waals surface area contributed by atoms with Crippen molar-refractivity contribution >= 4 is 17.8 Å². The van der Waals surface area contributed by atoms with Crippen LogP contribution in [0.25, 0.3) is 16.9 Å². The van der Waals surface area contributed by atoms with Crippen molar-refractivity contribution in [2.75, 3.05) is 13.7 Å². The smallest absolute Gasteiger partial charge is 0.342 e. The average Bonchev–Trinajstić information content (AvgIpc) is 3.37. The van der Waals surface area contributed by atoms with Crippen LogP contribution in [-0.4, -0.2) is 41.3 Å². The van der Waals surface area contributed by atoms with Crippen LogP contribution >= 0.6 is 0 Å². The molecule has 35 heavy (non-hydrogen) atoms. The third-order valence-corrected chi connectivity index (χ3v) is 5.00. The Morgan fingerprint density at radius 2 is 1.51 bits per heavy atom. The standard InChI is InChI=1S/C26H22N4O5/c1-34-21-14-12-18(13-15-21)24-22(16-30(29-24)20-10-6-3-7-11-20)26(33)35-17-23(31)27-28-25(32)19-8-4-2-5-9-19/h2-16H,17H2,1H3,(H,27,31)(H,28,32). The number of nitrogens with one attached hydrogen (secondary N) is 2. The molecule has 0 aliphatic carbocycles. The highest BCUT2D eigenvalue weighted by molar-refractivity contribution is 5.98. The van der Waals surface area contributed by atoms with E-state index in [1.807, 2.05) is 30.3 Å². The number of esters is 1. The van der Waals surface area contributed by atoms with E-state index >= 15 is 0 Å². The fourth-order valence-corrected chi connectivity index (χ4v) is 3.23. The minimum absolute atomic E-state index is 0.181. The largest absolute Gasteiger partial charge is 0.497 e. The van der Waals surface area contributed by atoms with Crippen molar-refractivity contribution in [2.45, 2.75) is 0 Å². The van der Waals surface area contributed by atoms with Crippen LogP contribution in [0.1, 0.15) is 20.7 Å². The van der Waals surface area contributed by atoms with Gasteiger partial charge in [-0.3, -0.25) is 20.4 Å². The molecule has 176 valence electrons. The van der Waals surface area contributed by atoms with Gasteiger partial charge in [0.15, 0.2) is 6.61 Å². The summed E-state index contributed by atoms with van der Waals surface area (Å²) in [6.45, 7) is -0.591. The number of nitrogens with zero attached hydrogens (tertiary/aromatic N) is 2. The normalized spacial score (nSPS) is 10.3. The SMILES string of the molecule is COc1ccc(-c2nn(-c3ccccc3)cc2C(=O)OCC(=O)NNC(=O)c2ccccc2)cc1. The fourth-order valence-electron chi connectivity index (χ4n) is 3.23. The predicted octanol–water partition coefficient (Wildman–Crippen LogP) is 3.17. The Morgan fingerprint density at radius 1 is 0.857 bits per heavy atom. The maximum atomic E-state index is 12.9. The van der Waals surface area contributed by atoms with Gasteiger partial charge in [0, 0.05) is 17.3 Å². The van der Waals surface area contributed by atoms with Gasteiger partial charge in [0.05, 0.1) is 12.8 Å². The number of ether oxygens (including phenoxy) is 2. The van der Waals surface area contributed by atoms with Crippen molar-refractivity contribution in [3.05, 3.63) is 102 Å².